The zero-order valence-corrected chi connectivity index (χ0v) is 7.70. The topological polar surface area (TPSA) is 68.9 Å². The summed E-state index contributed by atoms with van der Waals surface area (Å²) in [6, 6.07) is 5.43. The molecule has 72 valence electrons. The summed E-state index contributed by atoms with van der Waals surface area (Å²) in [7, 11) is 0. The van der Waals surface area contributed by atoms with E-state index in [1.54, 1.807) is 18.3 Å². The van der Waals surface area contributed by atoms with Gasteiger partial charge >= 0.3 is 0 Å². The third kappa shape index (κ3) is 1.68. The Morgan fingerprint density at radius 3 is 2.79 bits per heavy atom. The predicted octanol–water partition coefficient (Wildman–Crippen LogP) is 0.890. The van der Waals surface area contributed by atoms with E-state index in [0.717, 1.165) is 18.5 Å². The van der Waals surface area contributed by atoms with Gasteiger partial charge in [-0.2, -0.15) is 5.26 Å². The Bertz CT molecular complexity index is 362. The van der Waals surface area contributed by atoms with E-state index in [1.165, 1.54) is 0 Å². The van der Waals surface area contributed by atoms with Gasteiger partial charge in [-0.1, -0.05) is 0 Å². The van der Waals surface area contributed by atoms with Crippen LogP contribution in [-0.4, -0.2) is 22.2 Å². The summed E-state index contributed by atoms with van der Waals surface area (Å²) in [5.74, 6) is 0. The molecular weight excluding hydrogens is 178 g/mol. The van der Waals surface area contributed by atoms with E-state index in [2.05, 4.69) is 10.3 Å². The summed E-state index contributed by atoms with van der Waals surface area (Å²) in [6.45, 7) is 0.146. The van der Waals surface area contributed by atoms with Crippen molar-refractivity contribution in [2.75, 3.05) is 11.9 Å². The average Bonchev–Trinajstić information content (AvgIpc) is 3.00. The lowest BCUT2D eigenvalue weighted by atomic mass is 10.2. The predicted molar refractivity (Wildman–Crippen MR) is 51.6 cm³/mol. The van der Waals surface area contributed by atoms with Crippen molar-refractivity contribution in [3.05, 3.63) is 24.0 Å². The second-order valence-electron chi connectivity index (χ2n) is 3.61. The molecule has 0 atom stereocenters. The van der Waals surface area contributed by atoms with E-state index in [-0.39, 0.29) is 12.1 Å². The van der Waals surface area contributed by atoms with Gasteiger partial charge in [0.25, 0.3) is 0 Å². The number of nitriles is 1. The zero-order valence-electron chi connectivity index (χ0n) is 7.70. The Hall–Kier alpha value is -1.60. The highest BCUT2D eigenvalue weighted by Crippen LogP contribution is 2.38. The van der Waals surface area contributed by atoms with Crippen LogP contribution in [0, 0.1) is 11.3 Å². The normalized spacial score (nSPS) is 17.1. The van der Waals surface area contributed by atoms with E-state index >= 15 is 0 Å². The van der Waals surface area contributed by atoms with Crippen LogP contribution < -0.4 is 5.32 Å². The summed E-state index contributed by atoms with van der Waals surface area (Å²) in [4.78, 5) is 3.94. The highest BCUT2D eigenvalue weighted by atomic mass is 16.3. The van der Waals surface area contributed by atoms with Crippen LogP contribution >= 0.6 is 0 Å². The first-order valence-electron chi connectivity index (χ1n) is 4.53. The van der Waals surface area contributed by atoms with Crippen LogP contribution in [-0.2, 0) is 0 Å². The average molecular weight is 189 g/mol. The number of aliphatic hydroxyl groups excluding tert-OH is 1. The van der Waals surface area contributed by atoms with Crippen LogP contribution in [0.3, 0.4) is 0 Å². The Labute approximate surface area is 82.2 Å². The van der Waals surface area contributed by atoms with Crippen molar-refractivity contribution < 1.29 is 5.11 Å². The molecule has 0 aromatic carbocycles. The molecule has 2 rings (SSSR count). The fourth-order valence-electron chi connectivity index (χ4n) is 1.31. The van der Waals surface area contributed by atoms with Crippen molar-refractivity contribution in [1.29, 1.82) is 5.26 Å². The van der Waals surface area contributed by atoms with Crippen LogP contribution in [0.25, 0.3) is 0 Å². The van der Waals surface area contributed by atoms with Crippen molar-refractivity contribution in [3.63, 3.8) is 0 Å². The van der Waals surface area contributed by atoms with Gasteiger partial charge in [0.15, 0.2) is 0 Å². The standard InChI is InChI=1S/C10H11N3O/c11-5-8-1-2-9(6-12-8)13-10(7-14)3-4-10/h1-2,6,13-14H,3-4,7H2. The van der Waals surface area contributed by atoms with Gasteiger partial charge in [-0.25, -0.2) is 4.98 Å². The van der Waals surface area contributed by atoms with Crippen LogP contribution in [0.4, 0.5) is 5.69 Å². The van der Waals surface area contributed by atoms with E-state index in [9.17, 15) is 0 Å². The van der Waals surface area contributed by atoms with Gasteiger partial charge < -0.3 is 10.4 Å². The molecule has 1 fully saturated rings. The van der Waals surface area contributed by atoms with Gasteiger partial charge in [0, 0.05) is 0 Å². The Balaban J connectivity index is 2.08. The maximum Gasteiger partial charge on any atom is 0.140 e. The minimum Gasteiger partial charge on any atom is -0.394 e. The maximum absolute atomic E-state index is 9.08. The molecule has 2 N–H and O–H groups in total. The van der Waals surface area contributed by atoms with E-state index < -0.39 is 0 Å². The van der Waals surface area contributed by atoms with E-state index in [4.69, 9.17) is 10.4 Å². The number of aliphatic hydroxyl groups is 1. The van der Waals surface area contributed by atoms with Crippen molar-refractivity contribution >= 4 is 5.69 Å². The summed E-state index contributed by atoms with van der Waals surface area (Å²) in [6.07, 6.45) is 3.60. The third-order valence-electron chi connectivity index (χ3n) is 2.44. The number of rotatable bonds is 3. The van der Waals surface area contributed by atoms with Gasteiger partial charge in [0.2, 0.25) is 0 Å². The molecule has 0 radical (unpaired) electrons. The molecule has 0 saturated heterocycles. The number of hydrogen-bond donors (Lipinski definition) is 2. The number of anilines is 1. The molecular formula is C10H11N3O. The smallest absolute Gasteiger partial charge is 0.140 e. The van der Waals surface area contributed by atoms with Gasteiger partial charge in [-0.15, -0.1) is 0 Å². The number of aromatic nitrogens is 1. The number of pyridine rings is 1. The van der Waals surface area contributed by atoms with E-state index in [0.29, 0.717) is 5.69 Å². The molecule has 1 aromatic heterocycles. The maximum atomic E-state index is 9.08. The van der Waals surface area contributed by atoms with Crippen LogP contribution in [0.15, 0.2) is 18.3 Å². The Morgan fingerprint density at radius 1 is 1.57 bits per heavy atom. The monoisotopic (exact) mass is 189 g/mol. The minimum atomic E-state index is -0.129. The molecule has 4 heteroatoms. The molecule has 1 heterocycles. The van der Waals surface area contributed by atoms with E-state index in [1.807, 2.05) is 6.07 Å². The summed E-state index contributed by atoms with van der Waals surface area (Å²) in [5, 5.41) is 20.8. The highest BCUT2D eigenvalue weighted by Gasteiger charge is 2.41. The fraction of sp³-hybridized carbons (Fsp3) is 0.400. The Kier molecular flexibility index (Phi) is 2.10. The molecule has 1 aliphatic rings. The van der Waals surface area contributed by atoms with Crippen LogP contribution in [0.2, 0.25) is 0 Å². The van der Waals surface area contributed by atoms with Gasteiger partial charge in [-0.05, 0) is 25.0 Å². The Morgan fingerprint density at radius 2 is 2.36 bits per heavy atom. The lowest BCUT2D eigenvalue weighted by Gasteiger charge is -2.14. The van der Waals surface area contributed by atoms with Crippen LogP contribution in [0.1, 0.15) is 18.5 Å². The van der Waals surface area contributed by atoms with Crippen molar-refractivity contribution in [1.82, 2.24) is 4.98 Å². The quantitative estimate of drug-likeness (QED) is 0.740. The first kappa shape index (κ1) is 8.97. The molecule has 1 saturated carbocycles. The lowest BCUT2D eigenvalue weighted by molar-refractivity contribution is 0.266. The zero-order chi connectivity index (χ0) is 10.0. The third-order valence-corrected chi connectivity index (χ3v) is 2.44. The second-order valence-corrected chi connectivity index (χ2v) is 3.61. The minimum absolute atomic E-state index is 0.129. The molecule has 0 aliphatic heterocycles. The van der Waals surface area contributed by atoms with Crippen molar-refractivity contribution in [3.8, 4) is 6.07 Å². The fourth-order valence-corrected chi connectivity index (χ4v) is 1.31. The largest absolute Gasteiger partial charge is 0.394 e. The summed E-state index contributed by atoms with van der Waals surface area (Å²) < 4.78 is 0. The van der Waals surface area contributed by atoms with Crippen molar-refractivity contribution in [2.45, 2.75) is 18.4 Å². The molecule has 1 aromatic rings. The van der Waals surface area contributed by atoms with Gasteiger partial charge in [0.05, 0.1) is 24.0 Å². The number of nitrogens with one attached hydrogen (secondary N) is 1. The lowest BCUT2D eigenvalue weighted by Crippen LogP contribution is -2.25. The SMILES string of the molecule is N#Cc1ccc(NC2(CO)CC2)cn1. The number of nitrogens with zero attached hydrogens (tertiary/aromatic N) is 2. The molecule has 1 aliphatic carbocycles. The highest BCUT2D eigenvalue weighted by molar-refractivity contribution is 5.47. The summed E-state index contributed by atoms with van der Waals surface area (Å²) >= 11 is 0. The molecule has 0 unspecified atom stereocenters. The molecule has 0 spiro atoms. The second kappa shape index (κ2) is 3.28. The molecule has 0 amide bonds. The first-order chi connectivity index (χ1) is 6.78. The summed E-state index contributed by atoms with van der Waals surface area (Å²) in [5.41, 5.74) is 1.13. The van der Waals surface area contributed by atoms with Gasteiger partial charge in [0.1, 0.15) is 11.8 Å². The molecule has 4 nitrogen and oxygen atoms in total. The molecule has 0 bridgehead atoms. The van der Waals surface area contributed by atoms with Gasteiger partial charge in [-0.3, -0.25) is 0 Å². The van der Waals surface area contributed by atoms with Crippen molar-refractivity contribution in [2.24, 2.45) is 0 Å². The van der Waals surface area contributed by atoms with Crippen LogP contribution in [0.5, 0.6) is 0 Å². The molecule has 14 heavy (non-hydrogen) atoms. The number of hydrogen-bond acceptors (Lipinski definition) is 4. The first-order valence-corrected chi connectivity index (χ1v) is 4.53.